The summed E-state index contributed by atoms with van der Waals surface area (Å²) in [4.78, 5) is 0. The van der Waals surface area contributed by atoms with Crippen LogP contribution < -0.4 is 9.47 Å². The quantitative estimate of drug-likeness (QED) is 0.315. The van der Waals surface area contributed by atoms with Crippen LogP contribution in [0, 0.1) is 0 Å². The zero-order valence-corrected chi connectivity index (χ0v) is 17.6. The van der Waals surface area contributed by atoms with Crippen molar-refractivity contribution < 1.29 is 9.47 Å². The van der Waals surface area contributed by atoms with Gasteiger partial charge in [0.05, 0.1) is 25.4 Å². The predicted molar refractivity (Wildman–Crippen MR) is 127 cm³/mol. The van der Waals surface area contributed by atoms with Crippen molar-refractivity contribution in [3.05, 3.63) is 103 Å². The molecule has 0 spiro atoms. The summed E-state index contributed by atoms with van der Waals surface area (Å²) in [5.74, 6) is 1.69. The number of benzene rings is 4. The van der Waals surface area contributed by atoms with E-state index in [1.165, 1.54) is 16.5 Å². The second kappa shape index (κ2) is 8.04. The number of nitrogens with zero attached hydrogens (tertiary/aromatic N) is 1. The van der Waals surface area contributed by atoms with Crippen molar-refractivity contribution in [3.8, 4) is 39.6 Å². The standard InChI is InChI=1S/C28H23NO2/c1-30-23-16-12-20(13-17-23)27-25-10-6-7-11-26(25)29(22-8-4-3-5-9-22)28(27)21-14-18-24(31-2)19-15-21/h3-19H,1-2H3. The minimum Gasteiger partial charge on any atom is -0.497 e. The molecule has 0 bridgehead atoms. The van der Waals surface area contributed by atoms with Crippen LogP contribution in [0.5, 0.6) is 11.5 Å². The molecule has 0 fully saturated rings. The van der Waals surface area contributed by atoms with Gasteiger partial charge in [0.25, 0.3) is 0 Å². The Bertz CT molecular complexity index is 1320. The second-order valence-electron chi connectivity index (χ2n) is 7.37. The first-order chi connectivity index (χ1) is 15.3. The molecule has 1 aromatic heterocycles. The molecule has 0 saturated heterocycles. The lowest BCUT2D eigenvalue weighted by Gasteiger charge is -2.14. The Hall–Kier alpha value is -3.98. The molecular formula is C28H23NO2. The number of fused-ring (bicyclic) bond motifs is 1. The Balaban J connectivity index is 1.88. The molecule has 152 valence electrons. The third-order valence-electron chi connectivity index (χ3n) is 5.63. The maximum Gasteiger partial charge on any atom is 0.118 e. The monoisotopic (exact) mass is 405 g/mol. The lowest BCUT2D eigenvalue weighted by Crippen LogP contribution is -1.97. The zero-order valence-electron chi connectivity index (χ0n) is 17.6. The number of ether oxygens (including phenoxy) is 2. The Morgan fingerprint density at radius 1 is 0.548 bits per heavy atom. The van der Waals surface area contributed by atoms with Crippen molar-refractivity contribution in [3.63, 3.8) is 0 Å². The molecule has 0 unspecified atom stereocenters. The van der Waals surface area contributed by atoms with E-state index in [-0.39, 0.29) is 0 Å². The minimum atomic E-state index is 0.845. The maximum absolute atomic E-state index is 5.40. The van der Waals surface area contributed by atoms with Crippen molar-refractivity contribution in [1.29, 1.82) is 0 Å². The van der Waals surface area contributed by atoms with Crippen LogP contribution in [-0.2, 0) is 0 Å². The van der Waals surface area contributed by atoms with Gasteiger partial charge in [0, 0.05) is 16.6 Å². The lowest BCUT2D eigenvalue weighted by atomic mass is 9.98. The van der Waals surface area contributed by atoms with E-state index in [2.05, 4.69) is 77.4 Å². The fourth-order valence-electron chi connectivity index (χ4n) is 4.16. The van der Waals surface area contributed by atoms with E-state index in [0.29, 0.717) is 0 Å². The van der Waals surface area contributed by atoms with Gasteiger partial charge in [-0.1, -0.05) is 48.5 Å². The van der Waals surface area contributed by atoms with Crippen molar-refractivity contribution in [2.24, 2.45) is 0 Å². The Morgan fingerprint density at radius 2 is 1.10 bits per heavy atom. The van der Waals surface area contributed by atoms with Crippen LogP contribution in [0.4, 0.5) is 0 Å². The molecule has 0 saturated carbocycles. The van der Waals surface area contributed by atoms with Crippen LogP contribution >= 0.6 is 0 Å². The van der Waals surface area contributed by atoms with Crippen molar-refractivity contribution in [2.45, 2.75) is 0 Å². The molecule has 3 heteroatoms. The summed E-state index contributed by atoms with van der Waals surface area (Å²) in [5.41, 5.74) is 6.94. The molecule has 5 aromatic rings. The first-order valence-electron chi connectivity index (χ1n) is 10.3. The first-order valence-corrected chi connectivity index (χ1v) is 10.3. The van der Waals surface area contributed by atoms with E-state index in [4.69, 9.17) is 9.47 Å². The summed E-state index contributed by atoms with van der Waals surface area (Å²) in [6.45, 7) is 0. The lowest BCUT2D eigenvalue weighted by molar-refractivity contribution is 0.414. The largest absolute Gasteiger partial charge is 0.497 e. The zero-order chi connectivity index (χ0) is 21.2. The fourth-order valence-corrected chi connectivity index (χ4v) is 4.16. The molecule has 0 aliphatic heterocycles. The highest BCUT2D eigenvalue weighted by atomic mass is 16.5. The minimum absolute atomic E-state index is 0.845. The summed E-state index contributed by atoms with van der Waals surface area (Å²) >= 11 is 0. The predicted octanol–water partition coefficient (Wildman–Crippen LogP) is 6.98. The number of hydrogen-bond acceptors (Lipinski definition) is 2. The van der Waals surface area contributed by atoms with Gasteiger partial charge in [0.1, 0.15) is 11.5 Å². The smallest absolute Gasteiger partial charge is 0.118 e. The molecule has 4 aromatic carbocycles. The van der Waals surface area contributed by atoms with Crippen LogP contribution in [-0.4, -0.2) is 18.8 Å². The van der Waals surface area contributed by atoms with E-state index in [0.717, 1.165) is 34.0 Å². The molecule has 0 aliphatic rings. The van der Waals surface area contributed by atoms with Gasteiger partial charge in [-0.25, -0.2) is 0 Å². The highest BCUT2D eigenvalue weighted by Gasteiger charge is 2.21. The van der Waals surface area contributed by atoms with E-state index in [9.17, 15) is 0 Å². The van der Waals surface area contributed by atoms with Gasteiger partial charge >= 0.3 is 0 Å². The molecule has 0 N–H and O–H groups in total. The highest BCUT2D eigenvalue weighted by Crippen LogP contribution is 2.43. The van der Waals surface area contributed by atoms with E-state index < -0.39 is 0 Å². The summed E-state index contributed by atoms with van der Waals surface area (Å²) < 4.78 is 13.1. The second-order valence-corrected chi connectivity index (χ2v) is 7.37. The molecule has 31 heavy (non-hydrogen) atoms. The van der Waals surface area contributed by atoms with E-state index in [1.807, 2.05) is 30.3 Å². The average Bonchev–Trinajstić information content (AvgIpc) is 3.20. The van der Waals surface area contributed by atoms with Crippen molar-refractivity contribution >= 4 is 10.9 Å². The molecule has 3 nitrogen and oxygen atoms in total. The summed E-state index contributed by atoms with van der Waals surface area (Å²) in [6.07, 6.45) is 0. The van der Waals surface area contributed by atoms with Gasteiger partial charge in [-0.3, -0.25) is 0 Å². The summed E-state index contributed by atoms with van der Waals surface area (Å²) in [5, 5.41) is 1.21. The van der Waals surface area contributed by atoms with Crippen LogP contribution in [0.2, 0.25) is 0 Å². The third-order valence-corrected chi connectivity index (χ3v) is 5.63. The number of hydrogen-bond donors (Lipinski definition) is 0. The van der Waals surface area contributed by atoms with E-state index >= 15 is 0 Å². The molecule has 5 rings (SSSR count). The van der Waals surface area contributed by atoms with Gasteiger partial charge in [-0.2, -0.15) is 0 Å². The topological polar surface area (TPSA) is 23.4 Å². The Labute approximate surface area is 182 Å². The first kappa shape index (κ1) is 19.0. The van der Waals surface area contributed by atoms with Crippen molar-refractivity contribution in [1.82, 2.24) is 4.57 Å². The van der Waals surface area contributed by atoms with Gasteiger partial charge in [0.15, 0.2) is 0 Å². The van der Waals surface area contributed by atoms with Crippen LogP contribution in [0.15, 0.2) is 103 Å². The number of rotatable bonds is 5. The van der Waals surface area contributed by atoms with Crippen LogP contribution in [0.3, 0.4) is 0 Å². The molecule has 0 radical (unpaired) electrons. The fraction of sp³-hybridized carbons (Fsp3) is 0.0714. The van der Waals surface area contributed by atoms with Gasteiger partial charge in [-0.05, 0) is 65.7 Å². The summed E-state index contributed by atoms with van der Waals surface area (Å²) in [6, 6.07) is 35.6. The van der Waals surface area contributed by atoms with Crippen LogP contribution in [0.1, 0.15) is 0 Å². The SMILES string of the molecule is COc1ccc(-c2c(-c3ccc(OC)cc3)n(-c3ccccc3)c3ccccc23)cc1. The molecule has 1 heterocycles. The summed E-state index contributed by atoms with van der Waals surface area (Å²) in [7, 11) is 3.39. The van der Waals surface area contributed by atoms with E-state index in [1.54, 1.807) is 14.2 Å². The third kappa shape index (κ3) is 3.34. The van der Waals surface area contributed by atoms with Gasteiger partial charge in [-0.15, -0.1) is 0 Å². The van der Waals surface area contributed by atoms with Crippen molar-refractivity contribution in [2.75, 3.05) is 14.2 Å². The normalized spacial score (nSPS) is 10.9. The molecule has 0 amide bonds. The number of methoxy groups -OCH3 is 2. The maximum atomic E-state index is 5.40. The number of para-hydroxylation sites is 2. The number of aromatic nitrogens is 1. The molecular weight excluding hydrogens is 382 g/mol. The Morgan fingerprint density at radius 3 is 1.71 bits per heavy atom. The average molecular weight is 405 g/mol. The highest BCUT2D eigenvalue weighted by molar-refractivity contribution is 6.05. The van der Waals surface area contributed by atoms with Gasteiger partial charge in [0.2, 0.25) is 0 Å². The molecule has 0 aliphatic carbocycles. The Kier molecular flexibility index (Phi) is 4.93. The molecule has 0 atom stereocenters. The van der Waals surface area contributed by atoms with Gasteiger partial charge < -0.3 is 14.0 Å². The van der Waals surface area contributed by atoms with Crippen LogP contribution in [0.25, 0.3) is 39.0 Å².